The van der Waals surface area contributed by atoms with Crippen molar-refractivity contribution in [3.8, 4) is 0 Å². The molecule has 1 aromatic carbocycles. The summed E-state index contributed by atoms with van der Waals surface area (Å²) >= 11 is 1.31. The van der Waals surface area contributed by atoms with Gasteiger partial charge in [0.05, 0.1) is 13.2 Å². The molecule has 1 saturated carbocycles. The number of hydrogen-bond acceptors (Lipinski definition) is 7. The number of thiazole rings is 1. The summed E-state index contributed by atoms with van der Waals surface area (Å²) in [6.07, 6.45) is 0.637. The second-order valence-corrected chi connectivity index (χ2v) is 9.29. The Morgan fingerprint density at radius 3 is 2.47 bits per heavy atom. The zero-order valence-electron chi connectivity index (χ0n) is 19.5. The Balaban J connectivity index is 1.64. The second kappa shape index (κ2) is 12.5. The summed E-state index contributed by atoms with van der Waals surface area (Å²) in [5, 5.41) is 12.1. The molecule has 0 spiro atoms. The molecule has 1 heterocycles. The fourth-order valence-corrected chi connectivity index (χ4v) is 4.13. The second-order valence-electron chi connectivity index (χ2n) is 8.31. The molecule has 0 saturated heterocycles. The van der Waals surface area contributed by atoms with Crippen LogP contribution >= 0.6 is 11.3 Å². The van der Waals surface area contributed by atoms with E-state index >= 15 is 0 Å². The number of alkyl halides is 2. The van der Waals surface area contributed by atoms with Crippen LogP contribution in [0.3, 0.4) is 0 Å². The molecule has 2 atom stereocenters. The van der Waals surface area contributed by atoms with Gasteiger partial charge in [-0.3, -0.25) is 14.4 Å². The molecule has 194 valence electrons. The summed E-state index contributed by atoms with van der Waals surface area (Å²) in [5.41, 5.74) is 0.698. The van der Waals surface area contributed by atoms with Gasteiger partial charge >= 0.3 is 6.03 Å². The Labute approximate surface area is 210 Å². The van der Waals surface area contributed by atoms with E-state index in [2.05, 4.69) is 26.3 Å². The third-order valence-electron chi connectivity index (χ3n) is 5.40. The lowest BCUT2D eigenvalue weighted by Crippen LogP contribution is -2.59. The summed E-state index contributed by atoms with van der Waals surface area (Å²) < 4.78 is 31.0. The van der Waals surface area contributed by atoms with Crippen LogP contribution in [0.4, 0.5) is 13.6 Å². The van der Waals surface area contributed by atoms with Crippen LogP contribution in [-0.4, -0.2) is 66.4 Å². The molecule has 0 aliphatic heterocycles. The number of urea groups is 1. The minimum atomic E-state index is -2.81. The number of ketones is 1. The van der Waals surface area contributed by atoms with Crippen molar-refractivity contribution in [3.63, 3.8) is 0 Å². The van der Waals surface area contributed by atoms with Crippen molar-refractivity contribution < 1.29 is 32.7 Å². The van der Waals surface area contributed by atoms with Crippen LogP contribution in [0.2, 0.25) is 0 Å². The summed E-state index contributed by atoms with van der Waals surface area (Å²) in [4.78, 5) is 54.7. The first-order valence-electron chi connectivity index (χ1n) is 11.2. The third-order valence-corrected chi connectivity index (χ3v) is 6.18. The molecule has 4 N–H and O–H groups in total. The topological polar surface area (TPSA) is 139 Å². The monoisotopic (exact) mass is 523 g/mol. The normalized spacial score (nSPS) is 16.2. The summed E-state index contributed by atoms with van der Waals surface area (Å²) in [6.45, 7) is -0.189. The molecule has 10 nitrogen and oxygen atoms in total. The van der Waals surface area contributed by atoms with Crippen LogP contribution in [0.25, 0.3) is 0 Å². The van der Waals surface area contributed by atoms with E-state index < -0.39 is 60.5 Å². The average Bonchev–Trinajstić information content (AvgIpc) is 3.34. The van der Waals surface area contributed by atoms with Crippen molar-refractivity contribution in [2.45, 2.75) is 49.9 Å². The van der Waals surface area contributed by atoms with Gasteiger partial charge in [0.25, 0.3) is 11.8 Å². The number of aromatic nitrogens is 1. The fraction of sp³-hybridized carbons (Fsp3) is 0.435. The Morgan fingerprint density at radius 2 is 1.86 bits per heavy atom. The van der Waals surface area contributed by atoms with Gasteiger partial charge in [0.1, 0.15) is 17.1 Å². The van der Waals surface area contributed by atoms with Gasteiger partial charge in [0.2, 0.25) is 11.7 Å². The highest BCUT2D eigenvalue weighted by atomic mass is 32.1. The van der Waals surface area contributed by atoms with Crippen molar-refractivity contribution >= 4 is 35.0 Å². The van der Waals surface area contributed by atoms with E-state index in [9.17, 15) is 28.0 Å². The number of benzene rings is 1. The fourth-order valence-electron chi connectivity index (χ4n) is 3.57. The summed E-state index contributed by atoms with van der Waals surface area (Å²) in [6, 6.07) is 4.79. The van der Waals surface area contributed by atoms with Gasteiger partial charge in [-0.05, 0) is 5.56 Å². The zero-order valence-corrected chi connectivity index (χ0v) is 20.3. The SMILES string of the molecule is COC[C@@H](NC(=O)NC1CC(F)(F)C1)C(=O)N[C@H](Cc1ccccc1)C(=O)C(=O)NCc1nccs1. The van der Waals surface area contributed by atoms with Crippen molar-refractivity contribution in [2.24, 2.45) is 0 Å². The molecule has 1 aliphatic rings. The van der Waals surface area contributed by atoms with E-state index in [1.165, 1.54) is 18.4 Å². The van der Waals surface area contributed by atoms with E-state index in [4.69, 9.17) is 4.74 Å². The minimum Gasteiger partial charge on any atom is -0.382 e. The number of carbonyl (C=O) groups excluding carboxylic acids is 4. The number of amides is 4. The van der Waals surface area contributed by atoms with Crippen molar-refractivity contribution in [2.75, 3.05) is 13.7 Å². The number of ether oxygens (including phenoxy) is 1. The predicted octanol–water partition coefficient (Wildman–Crippen LogP) is 1.17. The zero-order chi connectivity index (χ0) is 26.1. The van der Waals surface area contributed by atoms with E-state index in [1.54, 1.807) is 41.9 Å². The quantitative estimate of drug-likeness (QED) is 0.308. The summed E-state index contributed by atoms with van der Waals surface area (Å²) in [7, 11) is 1.31. The van der Waals surface area contributed by atoms with Crippen molar-refractivity contribution in [1.29, 1.82) is 0 Å². The van der Waals surface area contributed by atoms with Crippen LogP contribution < -0.4 is 21.3 Å². The van der Waals surface area contributed by atoms with Crippen LogP contribution in [-0.2, 0) is 32.1 Å². The molecule has 0 unspecified atom stereocenters. The van der Waals surface area contributed by atoms with Crippen LogP contribution in [0.5, 0.6) is 0 Å². The molecule has 1 fully saturated rings. The van der Waals surface area contributed by atoms with E-state index in [0.29, 0.717) is 10.6 Å². The standard InChI is InChI=1S/C23H27F2N5O5S/c1-35-13-17(30-22(34)28-15-10-23(24,25)11-15)20(32)29-16(9-14-5-3-2-4-6-14)19(31)21(33)27-12-18-26-7-8-36-18/h2-8,15-17H,9-13H2,1H3,(H,27,33)(H,29,32)(H2,28,30,34)/t16-,17-/m1/s1. The first kappa shape index (κ1) is 27.1. The number of rotatable bonds is 12. The first-order chi connectivity index (χ1) is 17.2. The molecule has 2 aromatic rings. The number of halogens is 2. The number of hydrogen-bond donors (Lipinski definition) is 4. The number of carbonyl (C=O) groups is 4. The largest absolute Gasteiger partial charge is 0.382 e. The maximum absolute atomic E-state index is 13.0. The molecule has 0 bridgehead atoms. The van der Waals surface area contributed by atoms with Gasteiger partial charge in [-0.15, -0.1) is 11.3 Å². The van der Waals surface area contributed by atoms with Crippen molar-refractivity contribution in [3.05, 3.63) is 52.5 Å². The third kappa shape index (κ3) is 8.05. The Morgan fingerprint density at radius 1 is 1.14 bits per heavy atom. The number of nitrogens with zero attached hydrogens (tertiary/aromatic N) is 1. The van der Waals surface area contributed by atoms with Crippen LogP contribution in [0.1, 0.15) is 23.4 Å². The van der Waals surface area contributed by atoms with Crippen LogP contribution in [0, 0.1) is 0 Å². The summed E-state index contributed by atoms with van der Waals surface area (Å²) in [5.74, 6) is -5.35. The van der Waals surface area contributed by atoms with Gasteiger partial charge in [-0.25, -0.2) is 18.6 Å². The van der Waals surface area contributed by atoms with E-state index in [-0.39, 0.29) is 19.6 Å². The molecule has 36 heavy (non-hydrogen) atoms. The highest BCUT2D eigenvalue weighted by molar-refractivity contribution is 7.09. The first-order valence-corrected chi connectivity index (χ1v) is 12.0. The maximum Gasteiger partial charge on any atom is 0.315 e. The smallest absolute Gasteiger partial charge is 0.315 e. The lowest BCUT2D eigenvalue weighted by atomic mass is 9.88. The van der Waals surface area contributed by atoms with Crippen molar-refractivity contribution in [1.82, 2.24) is 26.3 Å². The predicted molar refractivity (Wildman–Crippen MR) is 126 cm³/mol. The highest BCUT2D eigenvalue weighted by Gasteiger charge is 2.46. The Kier molecular flexibility index (Phi) is 9.42. The van der Waals surface area contributed by atoms with Gasteiger partial charge in [0, 0.05) is 44.0 Å². The molecular weight excluding hydrogens is 496 g/mol. The lowest BCUT2D eigenvalue weighted by molar-refractivity contribution is -0.140. The van der Waals surface area contributed by atoms with Gasteiger partial charge in [-0.1, -0.05) is 30.3 Å². The Bertz CT molecular complexity index is 1050. The minimum absolute atomic E-state index is 0.0269. The molecular formula is C23H27F2N5O5S. The molecule has 0 radical (unpaired) electrons. The van der Waals surface area contributed by atoms with Gasteiger partial charge < -0.3 is 26.0 Å². The highest BCUT2D eigenvalue weighted by Crippen LogP contribution is 2.37. The molecule has 1 aliphatic carbocycles. The average molecular weight is 524 g/mol. The molecule has 3 rings (SSSR count). The molecule has 4 amide bonds. The number of methoxy groups -OCH3 is 1. The van der Waals surface area contributed by atoms with E-state index in [0.717, 1.165) is 0 Å². The molecule has 1 aromatic heterocycles. The van der Waals surface area contributed by atoms with Gasteiger partial charge in [-0.2, -0.15) is 0 Å². The maximum atomic E-state index is 13.0. The lowest BCUT2D eigenvalue weighted by Gasteiger charge is -2.35. The van der Waals surface area contributed by atoms with Crippen LogP contribution in [0.15, 0.2) is 41.9 Å². The number of nitrogens with one attached hydrogen (secondary N) is 4. The molecule has 13 heteroatoms. The number of Topliss-reactive ketones (excluding diaryl/α,β-unsaturated/α-hetero) is 1. The Hall–Kier alpha value is -3.45. The van der Waals surface area contributed by atoms with Gasteiger partial charge in [0.15, 0.2) is 0 Å². The van der Waals surface area contributed by atoms with E-state index in [1.807, 2.05) is 0 Å².